The van der Waals surface area contributed by atoms with Gasteiger partial charge >= 0.3 is 0 Å². The highest BCUT2D eigenvalue weighted by molar-refractivity contribution is 9.10. The van der Waals surface area contributed by atoms with Crippen molar-refractivity contribution in [2.45, 2.75) is 32.1 Å². The molecule has 2 aliphatic carbocycles. The van der Waals surface area contributed by atoms with Crippen molar-refractivity contribution in [3.05, 3.63) is 22.4 Å². The number of aromatic nitrogens is 1. The topological polar surface area (TPSA) is 63.1 Å². The lowest BCUT2D eigenvalue weighted by Crippen LogP contribution is -2.43. The lowest BCUT2D eigenvalue weighted by Gasteiger charge is -2.20. The van der Waals surface area contributed by atoms with Crippen LogP contribution in [0.5, 0.6) is 0 Å². The minimum Gasteiger partial charge on any atom is -0.345 e. The van der Waals surface area contributed by atoms with Gasteiger partial charge in [-0.25, -0.2) is 0 Å². The molecule has 0 aliphatic heterocycles. The van der Waals surface area contributed by atoms with Crippen LogP contribution in [0.2, 0.25) is 0 Å². The normalized spacial score (nSPS) is 26.9. The minimum absolute atomic E-state index is 0.0887. The zero-order valence-corrected chi connectivity index (χ0v) is 13.6. The van der Waals surface area contributed by atoms with E-state index in [9.17, 15) is 9.59 Å². The summed E-state index contributed by atoms with van der Waals surface area (Å²) in [4.78, 5) is 23.9. The van der Waals surface area contributed by atoms with E-state index in [0.29, 0.717) is 18.0 Å². The molecule has 0 radical (unpaired) electrons. The molecule has 1 aromatic rings. The molecule has 21 heavy (non-hydrogen) atoms. The number of rotatable bonds is 3. The van der Waals surface area contributed by atoms with Crippen LogP contribution in [-0.4, -0.2) is 16.4 Å². The van der Waals surface area contributed by atoms with Gasteiger partial charge in [-0.05, 0) is 59.0 Å². The number of fused-ring (bicyclic) bond motifs is 2. The number of halogens is 1. The fourth-order valence-electron chi connectivity index (χ4n) is 3.86. The molecule has 2 fully saturated rings. The summed E-state index contributed by atoms with van der Waals surface area (Å²) in [5.41, 5.74) is 5.53. The molecule has 6 heteroatoms. The van der Waals surface area contributed by atoms with Gasteiger partial charge in [0.15, 0.2) is 0 Å². The lowest BCUT2D eigenvalue weighted by atomic mass is 9.86. The summed E-state index contributed by atoms with van der Waals surface area (Å²) in [6.07, 6.45) is 7.40. The van der Waals surface area contributed by atoms with Gasteiger partial charge in [0.05, 0.1) is 0 Å². The van der Waals surface area contributed by atoms with Crippen LogP contribution in [0.4, 0.5) is 0 Å². The Labute approximate surface area is 132 Å². The summed E-state index contributed by atoms with van der Waals surface area (Å²) in [7, 11) is 1.79. The van der Waals surface area contributed by atoms with Gasteiger partial charge in [0.1, 0.15) is 5.69 Å². The van der Waals surface area contributed by atoms with E-state index in [1.807, 2.05) is 0 Å². The van der Waals surface area contributed by atoms with E-state index in [1.54, 1.807) is 23.9 Å². The zero-order chi connectivity index (χ0) is 15.0. The van der Waals surface area contributed by atoms with Crippen LogP contribution >= 0.6 is 15.9 Å². The third kappa shape index (κ3) is 3.15. The number of carbonyl (C=O) groups is 2. The maximum Gasteiger partial charge on any atom is 0.286 e. The SMILES string of the molecule is Cn1cc(Br)cc1C(=O)NNC(=O)CC1CC2CCC1C2. The van der Waals surface area contributed by atoms with Crippen molar-refractivity contribution < 1.29 is 9.59 Å². The number of nitrogens with one attached hydrogen (secondary N) is 2. The minimum atomic E-state index is -0.301. The third-order valence-electron chi connectivity index (χ3n) is 4.85. The molecular formula is C15H20BrN3O2. The average Bonchev–Trinajstić information content (AvgIpc) is 3.11. The van der Waals surface area contributed by atoms with E-state index >= 15 is 0 Å². The number of hydrogen-bond donors (Lipinski definition) is 2. The van der Waals surface area contributed by atoms with Gasteiger partial charge in [0.25, 0.3) is 5.91 Å². The molecule has 2 amide bonds. The molecule has 1 heterocycles. The second-order valence-electron chi connectivity index (χ2n) is 6.30. The zero-order valence-electron chi connectivity index (χ0n) is 12.1. The quantitative estimate of drug-likeness (QED) is 0.819. The van der Waals surface area contributed by atoms with Crippen molar-refractivity contribution in [3.63, 3.8) is 0 Å². The Kier molecular flexibility index (Phi) is 4.06. The van der Waals surface area contributed by atoms with Crippen molar-refractivity contribution in [2.24, 2.45) is 24.8 Å². The molecule has 2 N–H and O–H groups in total. The number of hydrogen-bond acceptors (Lipinski definition) is 2. The highest BCUT2D eigenvalue weighted by atomic mass is 79.9. The Morgan fingerprint density at radius 1 is 1.33 bits per heavy atom. The van der Waals surface area contributed by atoms with E-state index in [4.69, 9.17) is 0 Å². The van der Waals surface area contributed by atoms with E-state index in [0.717, 1.165) is 16.3 Å². The molecule has 3 unspecified atom stereocenters. The van der Waals surface area contributed by atoms with Crippen molar-refractivity contribution in [1.82, 2.24) is 15.4 Å². The maximum absolute atomic E-state index is 12.0. The number of hydrazine groups is 1. The van der Waals surface area contributed by atoms with Crippen LogP contribution < -0.4 is 10.9 Å². The fourth-order valence-corrected chi connectivity index (χ4v) is 4.38. The first-order chi connectivity index (χ1) is 10.0. The van der Waals surface area contributed by atoms with Crippen LogP contribution in [0.3, 0.4) is 0 Å². The molecule has 2 saturated carbocycles. The molecule has 2 bridgehead atoms. The summed E-state index contributed by atoms with van der Waals surface area (Å²) in [5.74, 6) is 1.67. The van der Waals surface area contributed by atoms with Gasteiger partial charge in [-0.3, -0.25) is 20.4 Å². The maximum atomic E-state index is 12.0. The van der Waals surface area contributed by atoms with E-state index < -0.39 is 0 Å². The number of amides is 2. The fraction of sp³-hybridized carbons (Fsp3) is 0.600. The predicted molar refractivity (Wildman–Crippen MR) is 82.3 cm³/mol. The molecule has 0 spiro atoms. The van der Waals surface area contributed by atoms with Gasteiger partial charge in [0.2, 0.25) is 5.91 Å². The van der Waals surface area contributed by atoms with Crippen molar-refractivity contribution in [2.75, 3.05) is 0 Å². The monoisotopic (exact) mass is 353 g/mol. The summed E-state index contributed by atoms with van der Waals surface area (Å²) in [6.45, 7) is 0. The van der Waals surface area contributed by atoms with Crippen molar-refractivity contribution >= 4 is 27.7 Å². The molecule has 1 aromatic heterocycles. The number of aryl methyl sites for hydroxylation is 1. The Morgan fingerprint density at radius 2 is 2.14 bits per heavy atom. The second kappa shape index (κ2) is 5.83. The number of carbonyl (C=O) groups excluding carboxylic acids is 2. The van der Waals surface area contributed by atoms with Crippen LogP contribution in [0.25, 0.3) is 0 Å². The third-order valence-corrected chi connectivity index (χ3v) is 5.29. The molecule has 3 rings (SSSR count). The van der Waals surface area contributed by atoms with Crippen LogP contribution in [0, 0.1) is 17.8 Å². The first-order valence-electron chi connectivity index (χ1n) is 7.44. The Morgan fingerprint density at radius 3 is 2.71 bits per heavy atom. The standard InChI is InChI=1S/C15H20BrN3O2/c1-19-8-12(16)7-13(19)15(21)18-17-14(20)6-11-5-9-2-3-10(11)4-9/h7-11H,2-6H2,1H3,(H,17,20)(H,18,21). The molecular weight excluding hydrogens is 334 g/mol. The smallest absolute Gasteiger partial charge is 0.286 e. The Balaban J connectivity index is 1.47. The first-order valence-corrected chi connectivity index (χ1v) is 8.23. The van der Waals surface area contributed by atoms with Crippen molar-refractivity contribution in [1.29, 1.82) is 0 Å². The van der Waals surface area contributed by atoms with Gasteiger partial charge in [0, 0.05) is 24.1 Å². The van der Waals surface area contributed by atoms with Gasteiger partial charge < -0.3 is 4.57 Å². The molecule has 3 atom stereocenters. The summed E-state index contributed by atoms with van der Waals surface area (Å²) < 4.78 is 2.55. The average molecular weight is 354 g/mol. The highest BCUT2D eigenvalue weighted by Gasteiger charge is 2.40. The van der Waals surface area contributed by atoms with Crippen LogP contribution in [-0.2, 0) is 11.8 Å². The summed E-state index contributed by atoms with van der Waals surface area (Å²) in [6, 6.07) is 1.72. The van der Waals surface area contributed by atoms with Gasteiger partial charge in [-0.1, -0.05) is 6.42 Å². The highest BCUT2D eigenvalue weighted by Crippen LogP contribution is 2.49. The van der Waals surface area contributed by atoms with E-state index in [2.05, 4.69) is 26.8 Å². The van der Waals surface area contributed by atoms with Gasteiger partial charge in [-0.2, -0.15) is 0 Å². The number of nitrogens with zero attached hydrogens (tertiary/aromatic N) is 1. The molecule has 5 nitrogen and oxygen atoms in total. The first kappa shape index (κ1) is 14.6. The van der Waals surface area contributed by atoms with E-state index in [1.165, 1.54) is 25.7 Å². The molecule has 0 aromatic carbocycles. The Bertz CT molecular complexity index is 569. The summed E-state index contributed by atoms with van der Waals surface area (Å²) in [5, 5.41) is 0. The van der Waals surface area contributed by atoms with Crippen LogP contribution in [0.15, 0.2) is 16.7 Å². The molecule has 114 valence electrons. The van der Waals surface area contributed by atoms with Crippen molar-refractivity contribution in [3.8, 4) is 0 Å². The predicted octanol–water partition coefficient (Wildman–Crippen LogP) is 2.37. The second-order valence-corrected chi connectivity index (χ2v) is 7.21. The molecule has 0 saturated heterocycles. The van der Waals surface area contributed by atoms with Crippen LogP contribution in [0.1, 0.15) is 42.6 Å². The molecule has 2 aliphatic rings. The largest absolute Gasteiger partial charge is 0.345 e. The van der Waals surface area contributed by atoms with Gasteiger partial charge in [-0.15, -0.1) is 0 Å². The Hall–Kier alpha value is -1.30. The lowest BCUT2D eigenvalue weighted by molar-refractivity contribution is -0.123. The summed E-state index contributed by atoms with van der Waals surface area (Å²) >= 11 is 3.32. The van der Waals surface area contributed by atoms with E-state index in [-0.39, 0.29) is 11.8 Å².